The molecule has 106 valence electrons. The van der Waals surface area contributed by atoms with E-state index in [1.165, 1.54) is 0 Å². The number of ether oxygens (including phenoxy) is 1. The lowest BCUT2D eigenvalue weighted by Crippen LogP contribution is -2.39. The van der Waals surface area contributed by atoms with Gasteiger partial charge in [0.05, 0.1) is 6.54 Å². The maximum absolute atomic E-state index is 12.2. The van der Waals surface area contributed by atoms with Gasteiger partial charge in [0.1, 0.15) is 5.60 Å². The van der Waals surface area contributed by atoms with E-state index < -0.39 is 5.60 Å². The Morgan fingerprint density at radius 2 is 2.35 bits per heavy atom. The fourth-order valence-electron chi connectivity index (χ4n) is 2.25. The highest BCUT2D eigenvalue weighted by atomic mass is 16.5. The van der Waals surface area contributed by atoms with E-state index in [-0.39, 0.29) is 5.91 Å². The Labute approximate surface area is 119 Å². The normalized spacial score (nSPS) is 21.1. The number of carbonyl (C=O) groups excluding carboxylic acids is 1. The lowest BCUT2D eigenvalue weighted by atomic mass is 10.0. The van der Waals surface area contributed by atoms with Crippen LogP contribution in [0, 0.1) is 18.8 Å². The SMILES string of the molecule is Cc1cc(NC(=O)C2(C)CCCO2)ccc1C#CCN. The fraction of sp³-hybridized carbons (Fsp3) is 0.438. The number of nitrogens with one attached hydrogen (secondary N) is 1. The zero-order valence-electron chi connectivity index (χ0n) is 12.0. The van der Waals surface area contributed by atoms with Crippen LogP contribution >= 0.6 is 0 Å². The number of anilines is 1. The molecule has 4 nitrogen and oxygen atoms in total. The molecule has 1 aromatic rings. The molecule has 0 aliphatic carbocycles. The third kappa shape index (κ3) is 3.19. The summed E-state index contributed by atoms with van der Waals surface area (Å²) in [5.74, 6) is 5.74. The molecule has 20 heavy (non-hydrogen) atoms. The monoisotopic (exact) mass is 272 g/mol. The quantitative estimate of drug-likeness (QED) is 0.807. The number of amides is 1. The Morgan fingerprint density at radius 1 is 1.55 bits per heavy atom. The van der Waals surface area contributed by atoms with E-state index in [1.54, 1.807) is 0 Å². The minimum Gasteiger partial charge on any atom is -0.365 e. The van der Waals surface area contributed by atoms with E-state index in [9.17, 15) is 4.79 Å². The maximum Gasteiger partial charge on any atom is 0.256 e. The van der Waals surface area contributed by atoms with Gasteiger partial charge in [-0.25, -0.2) is 0 Å². The standard InChI is InChI=1S/C16H20N2O2/c1-12-11-14(7-6-13(12)5-3-9-17)18-15(19)16(2)8-4-10-20-16/h6-7,11H,4,8-10,17H2,1-2H3,(H,18,19). The van der Waals surface area contributed by atoms with Crippen molar-refractivity contribution in [1.82, 2.24) is 0 Å². The molecule has 1 aromatic carbocycles. The largest absolute Gasteiger partial charge is 0.365 e. The molecule has 1 amide bonds. The fourth-order valence-corrected chi connectivity index (χ4v) is 2.25. The lowest BCUT2D eigenvalue weighted by Gasteiger charge is -2.22. The van der Waals surface area contributed by atoms with Gasteiger partial charge in [-0.1, -0.05) is 11.8 Å². The number of nitrogens with two attached hydrogens (primary N) is 1. The summed E-state index contributed by atoms with van der Waals surface area (Å²) in [7, 11) is 0. The molecule has 0 bridgehead atoms. The first-order valence-electron chi connectivity index (χ1n) is 6.80. The van der Waals surface area contributed by atoms with Gasteiger partial charge in [-0.3, -0.25) is 4.79 Å². The smallest absolute Gasteiger partial charge is 0.256 e. The van der Waals surface area contributed by atoms with E-state index in [4.69, 9.17) is 10.5 Å². The third-order valence-electron chi connectivity index (χ3n) is 3.51. The van der Waals surface area contributed by atoms with Crippen molar-refractivity contribution in [2.24, 2.45) is 5.73 Å². The van der Waals surface area contributed by atoms with Crippen LogP contribution in [0.25, 0.3) is 0 Å². The summed E-state index contributed by atoms with van der Waals surface area (Å²) in [4.78, 5) is 12.2. The molecule has 0 aromatic heterocycles. The third-order valence-corrected chi connectivity index (χ3v) is 3.51. The summed E-state index contributed by atoms with van der Waals surface area (Å²) in [5, 5.41) is 2.91. The molecule has 0 saturated carbocycles. The molecule has 0 radical (unpaired) electrons. The van der Waals surface area contributed by atoms with Gasteiger partial charge in [-0.05, 0) is 50.5 Å². The molecule has 1 heterocycles. The van der Waals surface area contributed by atoms with Crippen LogP contribution in [0.15, 0.2) is 18.2 Å². The number of carbonyl (C=O) groups is 1. The average Bonchev–Trinajstić information content (AvgIpc) is 2.86. The predicted molar refractivity (Wildman–Crippen MR) is 79.3 cm³/mol. The molecule has 1 saturated heterocycles. The van der Waals surface area contributed by atoms with Crippen molar-refractivity contribution < 1.29 is 9.53 Å². The van der Waals surface area contributed by atoms with Crippen LogP contribution in [-0.4, -0.2) is 24.7 Å². The van der Waals surface area contributed by atoms with Crippen LogP contribution in [0.5, 0.6) is 0 Å². The zero-order valence-corrected chi connectivity index (χ0v) is 12.0. The maximum atomic E-state index is 12.2. The first-order valence-corrected chi connectivity index (χ1v) is 6.80. The van der Waals surface area contributed by atoms with Crippen molar-refractivity contribution in [3.8, 4) is 11.8 Å². The van der Waals surface area contributed by atoms with Crippen LogP contribution in [0.4, 0.5) is 5.69 Å². The highest BCUT2D eigenvalue weighted by molar-refractivity contribution is 5.97. The molecule has 1 aliphatic rings. The molecule has 1 aliphatic heterocycles. The number of hydrogen-bond donors (Lipinski definition) is 2. The van der Waals surface area contributed by atoms with E-state index in [0.717, 1.165) is 29.7 Å². The minimum absolute atomic E-state index is 0.0878. The Morgan fingerprint density at radius 3 is 2.95 bits per heavy atom. The number of hydrogen-bond acceptors (Lipinski definition) is 3. The molecule has 1 unspecified atom stereocenters. The van der Waals surface area contributed by atoms with Crippen LogP contribution in [-0.2, 0) is 9.53 Å². The Hall–Kier alpha value is -1.83. The summed E-state index contributed by atoms with van der Waals surface area (Å²) in [5.41, 5.74) is 7.37. The van der Waals surface area contributed by atoms with Crippen molar-refractivity contribution >= 4 is 11.6 Å². The predicted octanol–water partition coefficient (Wildman–Crippen LogP) is 1.81. The Bertz CT molecular complexity index is 564. The molecule has 0 spiro atoms. The number of rotatable bonds is 2. The van der Waals surface area contributed by atoms with Crippen molar-refractivity contribution in [3.05, 3.63) is 29.3 Å². The van der Waals surface area contributed by atoms with Crippen molar-refractivity contribution in [1.29, 1.82) is 0 Å². The Kier molecular flexibility index (Phi) is 4.43. The van der Waals surface area contributed by atoms with Crippen LogP contribution < -0.4 is 11.1 Å². The second-order valence-electron chi connectivity index (χ2n) is 5.17. The first-order chi connectivity index (χ1) is 9.55. The molecule has 4 heteroatoms. The van der Waals surface area contributed by atoms with Crippen molar-refractivity contribution in [2.75, 3.05) is 18.5 Å². The Balaban J connectivity index is 2.10. The van der Waals surface area contributed by atoms with Crippen LogP contribution in [0.3, 0.4) is 0 Å². The van der Waals surface area contributed by atoms with Crippen molar-refractivity contribution in [2.45, 2.75) is 32.3 Å². The molecular weight excluding hydrogens is 252 g/mol. The highest BCUT2D eigenvalue weighted by Gasteiger charge is 2.37. The van der Waals surface area contributed by atoms with Crippen molar-refractivity contribution in [3.63, 3.8) is 0 Å². The van der Waals surface area contributed by atoms with Crippen LogP contribution in [0.1, 0.15) is 30.9 Å². The van der Waals surface area contributed by atoms with Gasteiger partial charge in [0.25, 0.3) is 5.91 Å². The van der Waals surface area contributed by atoms with Gasteiger partial charge >= 0.3 is 0 Å². The molecular formula is C16H20N2O2. The summed E-state index contributed by atoms with van der Waals surface area (Å²) >= 11 is 0. The molecule has 3 N–H and O–H groups in total. The van der Waals surface area contributed by atoms with Gasteiger partial charge in [-0.2, -0.15) is 0 Å². The van der Waals surface area contributed by atoms with Gasteiger partial charge in [0.2, 0.25) is 0 Å². The number of aryl methyl sites for hydroxylation is 1. The number of benzene rings is 1. The topological polar surface area (TPSA) is 64.3 Å². The molecule has 1 atom stereocenters. The van der Waals surface area contributed by atoms with E-state index in [0.29, 0.717) is 13.2 Å². The zero-order chi connectivity index (χ0) is 14.6. The highest BCUT2D eigenvalue weighted by Crippen LogP contribution is 2.27. The summed E-state index contributed by atoms with van der Waals surface area (Å²) in [6.07, 6.45) is 1.69. The molecule has 1 fully saturated rings. The van der Waals surface area contributed by atoms with Gasteiger partial charge < -0.3 is 15.8 Å². The van der Waals surface area contributed by atoms with Gasteiger partial charge in [0, 0.05) is 17.9 Å². The average molecular weight is 272 g/mol. The molecule has 2 rings (SSSR count). The lowest BCUT2D eigenvalue weighted by molar-refractivity contribution is -0.133. The summed E-state index contributed by atoms with van der Waals surface area (Å²) in [6.45, 7) is 4.79. The van der Waals surface area contributed by atoms with Gasteiger partial charge in [0.15, 0.2) is 0 Å². The van der Waals surface area contributed by atoms with E-state index >= 15 is 0 Å². The van der Waals surface area contributed by atoms with Gasteiger partial charge in [-0.15, -0.1) is 0 Å². The van der Waals surface area contributed by atoms with E-state index in [2.05, 4.69) is 17.2 Å². The van der Waals surface area contributed by atoms with E-state index in [1.807, 2.05) is 32.0 Å². The summed E-state index contributed by atoms with van der Waals surface area (Å²) < 4.78 is 5.53. The van der Waals surface area contributed by atoms with Crippen LogP contribution in [0.2, 0.25) is 0 Å². The second kappa shape index (κ2) is 6.08. The summed E-state index contributed by atoms with van der Waals surface area (Å²) in [6, 6.07) is 5.66. The minimum atomic E-state index is -0.702. The first kappa shape index (κ1) is 14.6. The second-order valence-corrected chi connectivity index (χ2v) is 5.17.